The van der Waals surface area contributed by atoms with Gasteiger partial charge < -0.3 is 4.74 Å². The molecule has 0 fully saturated rings. The van der Waals surface area contributed by atoms with Crippen molar-refractivity contribution in [2.45, 2.75) is 32.3 Å². The summed E-state index contributed by atoms with van der Waals surface area (Å²) in [6, 6.07) is 9.49. The van der Waals surface area contributed by atoms with Crippen molar-refractivity contribution in [3.8, 4) is 0 Å². The second-order valence-electron chi connectivity index (χ2n) is 3.85. The summed E-state index contributed by atoms with van der Waals surface area (Å²) in [4.78, 5) is 12.0. The molecule has 0 spiro atoms. The number of ether oxygens (including phenoxy) is 1. The van der Waals surface area contributed by atoms with Gasteiger partial charge in [-0.25, -0.2) is 0 Å². The number of anilines is 1. The number of nitrogens with one attached hydrogen (secondary N) is 2. The Bertz CT molecular complexity index is 339. The molecule has 0 bridgehead atoms. The lowest BCUT2D eigenvalue weighted by Gasteiger charge is -2.28. The average Bonchev–Trinajstić information content (AvgIpc) is 2.40. The Balaban J connectivity index is 2.60. The highest BCUT2D eigenvalue weighted by atomic mass is 16.5. The molecule has 0 unspecified atom stereocenters. The summed E-state index contributed by atoms with van der Waals surface area (Å²) in [5.74, 6) is -0.145. The van der Waals surface area contributed by atoms with E-state index in [0.717, 1.165) is 5.69 Å². The summed E-state index contributed by atoms with van der Waals surface area (Å²) in [6.07, 6.45) is 1.28. The Morgan fingerprint density at radius 3 is 2.29 bits per heavy atom. The van der Waals surface area contributed by atoms with E-state index < -0.39 is 5.60 Å². The zero-order valence-corrected chi connectivity index (χ0v) is 10.6. The molecule has 2 N–H and O–H groups in total. The molecule has 4 heteroatoms. The van der Waals surface area contributed by atoms with Crippen LogP contribution in [0.3, 0.4) is 0 Å². The van der Waals surface area contributed by atoms with E-state index >= 15 is 0 Å². The van der Waals surface area contributed by atoms with Gasteiger partial charge in [-0.05, 0) is 25.0 Å². The third-order valence-electron chi connectivity index (χ3n) is 3.04. The summed E-state index contributed by atoms with van der Waals surface area (Å²) < 4.78 is 5.33. The van der Waals surface area contributed by atoms with Crippen LogP contribution in [0.5, 0.6) is 0 Å². The Morgan fingerprint density at radius 2 is 1.82 bits per heavy atom. The Kier molecular flexibility index (Phi) is 4.97. The van der Waals surface area contributed by atoms with Crippen molar-refractivity contribution in [3.05, 3.63) is 30.3 Å². The number of carbonyl (C=O) groups is 1. The zero-order chi connectivity index (χ0) is 12.7. The SMILES string of the molecule is CCC(CC)(OC)C(=O)NNc1ccccc1. The zero-order valence-electron chi connectivity index (χ0n) is 10.6. The van der Waals surface area contributed by atoms with Crippen molar-refractivity contribution in [2.24, 2.45) is 0 Å². The van der Waals surface area contributed by atoms with E-state index in [-0.39, 0.29) is 5.91 Å². The lowest BCUT2D eigenvalue weighted by atomic mass is 9.96. The number of hydrogen-bond donors (Lipinski definition) is 2. The highest BCUT2D eigenvalue weighted by Crippen LogP contribution is 2.19. The number of hydrazine groups is 1. The number of hydrogen-bond acceptors (Lipinski definition) is 3. The predicted molar refractivity (Wildman–Crippen MR) is 68.5 cm³/mol. The van der Waals surface area contributed by atoms with Crippen LogP contribution in [0.25, 0.3) is 0 Å². The van der Waals surface area contributed by atoms with Crippen LogP contribution in [-0.2, 0) is 9.53 Å². The minimum absolute atomic E-state index is 0.145. The molecule has 94 valence electrons. The summed E-state index contributed by atoms with van der Waals surface area (Å²) in [7, 11) is 1.56. The van der Waals surface area contributed by atoms with Gasteiger partial charge in [-0.1, -0.05) is 32.0 Å². The highest BCUT2D eigenvalue weighted by molar-refractivity contribution is 5.86. The first-order valence-electron chi connectivity index (χ1n) is 5.85. The van der Waals surface area contributed by atoms with Crippen LogP contribution in [0.4, 0.5) is 5.69 Å². The van der Waals surface area contributed by atoms with Crippen LogP contribution in [0.15, 0.2) is 30.3 Å². The first kappa shape index (κ1) is 13.5. The van der Waals surface area contributed by atoms with Gasteiger partial charge in [-0.2, -0.15) is 0 Å². The Labute approximate surface area is 102 Å². The molecule has 4 nitrogen and oxygen atoms in total. The molecular formula is C13H20N2O2. The monoisotopic (exact) mass is 236 g/mol. The van der Waals surface area contributed by atoms with Gasteiger partial charge in [-0.3, -0.25) is 15.6 Å². The van der Waals surface area contributed by atoms with Crippen molar-refractivity contribution in [3.63, 3.8) is 0 Å². The molecule has 0 aliphatic carbocycles. The maximum absolute atomic E-state index is 12.0. The minimum atomic E-state index is -0.748. The molecule has 1 aromatic carbocycles. The van der Waals surface area contributed by atoms with E-state index in [9.17, 15) is 4.79 Å². The van der Waals surface area contributed by atoms with Gasteiger partial charge in [0.1, 0.15) is 5.60 Å². The van der Waals surface area contributed by atoms with E-state index in [1.807, 2.05) is 44.2 Å². The maximum Gasteiger partial charge on any atom is 0.270 e. The van der Waals surface area contributed by atoms with E-state index in [4.69, 9.17) is 4.74 Å². The van der Waals surface area contributed by atoms with E-state index in [1.165, 1.54) is 0 Å². The predicted octanol–water partition coefficient (Wildman–Crippen LogP) is 2.33. The molecule has 0 saturated heterocycles. The van der Waals surface area contributed by atoms with Crippen LogP contribution >= 0.6 is 0 Å². The van der Waals surface area contributed by atoms with E-state index in [0.29, 0.717) is 12.8 Å². The highest BCUT2D eigenvalue weighted by Gasteiger charge is 2.34. The second kappa shape index (κ2) is 6.25. The molecule has 0 atom stereocenters. The fourth-order valence-corrected chi connectivity index (χ4v) is 1.72. The summed E-state index contributed by atoms with van der Waals surface area (Å²) >= 11 is 0. The molecule has 17 heavy (non-hydrogen) atoms. The number of rotatable bonds is 6. The number of methoxy groups -OCH3 is 1. The van der Waals surface area contributed by atoms with Gasteiger partial charge in [0.05, 0.1) is 5.69 Å². The lowest BCUT2D eigenvalue weighted by molar-refractivity contribution is -0.143. The lowest BCUT2D eigenvalue weighted by Crippen LogP contribution is -2.49. The molecule has 0 aliphatic rings. The van der Waals surface area contributed by atoms with Gasteiger partial charge >= 0.3 is 0 Å². The molecule has 0 aromatic heterocycles. The van der Waals surface area contributed by atoms with Crippen molar-refractivity contribution < 1.29 is 9.53 Å². The average molecular weight is 236 g/mol. The minimum Gasteiger partial charge on any atom is -0.368 e. The normalized spacial score (nSPS) is 11.0. The summed E-state index contributed by atoms with van der Waals surface area (Å²) in [6.45, 7) is 3.88. The van der Waals surface area contributed by atoms with E-state index in [1.54, 1.807) is 7.11 Å². The van der Waals surface area contributed by atoms with Gasteiger partial charge in [0.25, 0.3) is 5.91 Å². The summed E-state index contributed by atoms with van der Waals surface area (Å²) in [5, 5.41) is 0. The van der Waals surface area contributed by atoms with Crippen LogP contribution in [-0.4, -0.2) is 18.6 Å². The number of carbonyl (C=O) groups excluding carboxylic acids is 1. The van der Waals surface area contributed by atoms with Crippen molar-refractivity contribution in [2.75, 3.05) is 12.5 Å². The maximum atomic E-state index is 12.0. The smallest absolute Gasteiger partial charge is 0.270 e. The largest absolute Gasteiger partial charge is 0.368 e. The molecule has 0 aliphatic heterocycles. The number of amides is 1. The van der Waals surface area contributed by atoms with Gasteiger partial charge in [0, 0.05) is 7.11 Å². The summed E-state index contributed by atoms with van der Waals surface area (Å²) in [5.41, 5.74) is 5.65. The third-order valence-corrected chi connectivity index (χ3v) is 3.04. The number of para-hydroxylation sites is 1. The van der Waals surface area contributed by atoms with Crippen LogP contribution in [0, 0.1) is 0 Å². The van der Waals surface area contributed by atoms with Crippen LogP contribution in [0.2, 0.25) is 0 Å². The van der Waals surface area contributed by atoms with Gasteiger partial charge in [0.2, 0.25) is 0 Å². The fraction of sp³-hybridized carbons (Fsp3) is 0.462. The fourth-order valence-electron chi connectivity index (χ4n) is 1.72. The van der Waals surface area contributed by atoms with Crippen molar-refractivity contribution >= 4 is 11.6 Å². The molecule has 0 radical (unpaired) electrons. The topological polar surface area (TPSA) is 50.4 Å². The molecule has 1 amide bonds. The van der Waals surface area contributed by atoms with Gasteiger partial charge in [-0.15, -0.1) is 0 Å². The molecule has 0 heterocycles. The first-order valence-corrected chi connectivity index (χ1v) is 5.85. The second-order valence-corrected chi connectivity index (χ2v) is 3.85. The molecule has 0 saturated carbocycles. The quantitative estimate of drug-likeness (QED) is 0.745. The number of benzene rings is 1. The third kappa shape index (κ3) is 3.20. The standard InChI is InChI=1S/C13H20N2O2/c1-4-13(5-2,17-3)12(16)15-14-11-9-7-6-8-10-11/h6-10,14H,4-5H2,1-3H3,(H,15,16). The Morgan fingerprint density at radius 1 is 1.24 bits per heavy atom. The van der Waals surface area contributed by atoms with E-state index in [2.05, 4.69) is 10.9 Å². The van der Waals surface area contributed by atoms with Crippen molar-refractivity contribution in [1.29, 1.82) is 0 Å². The molecular weight excluding hydrogens is 216 g/mol. The molecule has 1 aromatic rings. The van der Waals surface area contributed by atoms with Crippen LogP contribution in [0.1, 0.15) is 26.7 Å². The van der Waals surface area contributed by atoms with Crippen molar-refractivity contribution in [1.82, 2.24) is 5.43 Å². The molecule has 1 rings (SSSR count). The Hall–Kier alpha value is -1.55. The van der Waals surface area contributed by atoms with Gasteiger partial charge in [0.15, 0.2) is 0 Å². The van der Waals surface area contributed by atoms with Crippen LogP contribution < -0.4 is 10.9 Å². The first-order chi connectivity index (χ1) is 8.18.